The molecule has 0 bridgehead atoms. The van der Waals surface area contributed by atoms with Gasteiger partial charge in [-0.15, -0.1) is 0 Å². The van der Waals surface area contributed by atoms with Gasteiger partial charge >= 0.3 is 0 Å². The minimum absolute atomic E-state index is 0.00375. The Hall–Kier alpha value is -2.01. The van der Waals surface area contributed by atoms with Gasteiger partial charge in [-0.1, -0.05) is 12.1 Å². The lowest BCUT2D eigenvalue weighted by atomic mass is 10.2. The predicted molar refractivity (Wildman–Crippen MR) is 90.3 cm³/mol. The summed E-state index contributed by atoms with van der Waals surface area (Å²) in [5.74, 6) is -0.315. The molecule has 2 rings (SSSR count). The summed E-state index contributed by atoms with van der Waals surface area (Å²) < 4.78 is 66.5. The van der Waals surface area contributed by atoms with Crippen LogP contribution in [-0.4, -0.2) is 29.2 Å². The second-order valence-corrected chi connectivity index (χ2v) is 8.62. The van der Waals surface area contributed by atoms with E-state index >= 15 is 0 Å². The van der Waals surface area contributed by atoms with Gasteiger partial charge in [0.1, 0.15) is 18.2 Å². The maximum Gasteiger partial charge on any atom is 0.238 e. The highest BCUT2D eigenvalue weighted by molar-refractivity contribution is 7.89. The molecule has 0 aliphatic heterocycles. The minimum atomic E-state index is -3.78. The Bertz CT molecular complexity index is 911. The quantitative estimate of drug-likeness (QED) is 0.699. The predicted octanol–water partition coefficient (Wildman–Crippen LogP) is 0.971. The van der Waals surface area contributed by atoms with Crippen LogP contribution in [0.15, 0.2) is 53.4 Å². The molecule has 0 heterocycles. The van der Waals surface area contributed by atoms with Crippen LogP contribution >= 0.6 is 0 Å². The van der Waals surface area contributed by atoms with Crippen molar-refractivity contribution in [1.82, 2.24) is 4.72 Å². The molecule has 0 spiro atoms. The zero-order chi connectivity index (χ0) is 18.5. The summed E-state index contributed by atoms with van der Waals surface area (Å²) in [5, 5.41) is 4.99. The van der Waals surface area contributed by atoms with Crippen molar-refractivity contribution in [3.63, 3.8) is 0 Å². The molecule has 0 atom stereocenters. The topological polar surface area (TPSA) is 116 Å². The monoisotopic (exact) mass is 388 g/mol. The first kappa shape index (κ1) is 19.3. The Labute approximate surface area is 145 Å². The molecule has 10 heteroatoms. The van der Waals surface area contributed by atoms with Crippen molar-refractivity contribution >= 4 is 20.0 Å². The van der Waals surface area contributed by atoms with Gasteiger partial charge in [-0.05, 0) is 42.0 Å². The van der Waals surface area contributed by atoms with Gasteiger partial charge in [-0.2, -0.15) is 0 Å². The molecule has 3 N–H and O–H groups in total. The first-order valence-electron chi connectivity index (χ1n) is 7.13. The lowest BCUT2D eigenvalue weighted by Gasteiger charge is -2.09. The molecule has 0 amide bonds. The molecule has 0 saturated heterocycles. The van der Waals surface area contributed by atoms with E-state index < -0.39 is 25.9 Å². The molecule has 136 valence electrons. The number of hydrogen-bond donors (Lipinski definition) is 2. The van der Waals surface area contributed by atoms with E-state index in [1.54, 1.807) is 0 Å². The zero-order valence-corrected chi connectivity index (χ0v) is 14.7. The van der Waals surface area contributed by atoms with Gasteiger partial charge in [0, 0.05) is 6.54 Å². The smallest absolute Gasteiger partial charge is 0.238 e. The maximum absolute atomic E-state index is 12.7. The van der Waals surface area contributed by atoms with Gasteiger partial charge in [-0.3, -0.25) is 0 Å². The highest BCUT2D eigenvalue weighted by Gasteiger charge is 2.11. The standard InChI is InChI=1S/C15H17FN2O5S2/c16-13-3-5-14(6-4-13)23-9-10-24(19,20)18-11-12-1-7-15(8-2-12)25(17,21)22/h1-8,18H,9-11H2,(H2,17,21,22). The van der Waals surface area contributed by atoms with Crippen LogP contribution in [0.4, 0.5) is 4.39 Å². The van der Waals surface area contributed by atoms with Gasteiger partial charge in [0.2, 0.25) is 20.0 Å². The third-order valence-electron chi connectivity index (χ3n) is 3.18. The highest BCUT2D eigenvalue weighted by atomic mass is 32.2. The molecule has 0 aromatic heterocycles. The van der Waals surface area contributed by atoms with Crippen molar-refractivity contribution < 1.29 is 26.0 Å². The molecule has 2 aromatic rings. The SMILES string of the molecule is NS(=O)(=O)c1ccc(CNS(=O)(=O)CCOc2ccc(F)cc2)cc1. The Balaban J connectivity index is 1.83. The molecule has 0 fully saturated rings. The summed E-state index contributed by atoms with van der Waals surface area (Å²) in [7, 11) is -7.37. The van der Waals surface area contributed by atoms with E-state index in [0.717, 1.165) is 0 Å². The summed E-state index contributed by atoms with van der Waals surface area (Å²) in [5.41, 5.74) is 0.579. The fourth-order valence-corrected chi connectivity index (χ4v) is 3.21. The molecule has 0 aliphatic rings. The lowest BCUT2D eigenvalue weighted by Crippen LogP contribution is -2.28. The van der Waals surface area contributed by atoms with Gasteiger partial charge < -0.3 is 4.74 Å². The van der Waals surface area contributed by atoms with Gasteiger partial charge in [0.15, 0.2) is 0 Å². The van der Waals surface area contributed by atoms with Gasteiger partial charge in [0.25, 0.3) is 0 Å². The Morgan fingerprint density at radius 1 is 0.960 bits per heavy atom. The molecule has 0 saturated carbocycles. The molecule has 0 radical (unpaired) electrons. The van der Waals surface area contributed by atoms with E-state index in [9.17, 15) is 21.2 Å². The first-order chi connectivity index (χ1) is 11.7. The Morgan fingerprint density at radius 3 is 2.12 bits per heavy atom. The minimum Gasteiger partial charge on any atom is -0.492 e. The number of benzene rings is 2. The van der Waals surface area contributed by atoms with Gasteiger partial charge in [-0.25, -0.2) is 31.1 Å². The number of ether oxygens (including phenoxy) is 1. The normalized spacial score (nSPS) is 12.1. The number of nitrogens with two attached hydrogens (primary N) is 1. The Morgan fingerprint density at radius 2 is 1.56 bits per heavy atom. The average Bonchev–Trinajstić information content (AvgIpc) is 2.54. The van der Waals surface area contributed by atoms with Crippen molar-refractivity contribution in [1.29, 1.82) is 0 Å². The zero-order valence-electron chi connectivity index (χ0n) is 13.1. The molecule has 25 heavy (non-hydrogen) atoms. The van der Waals surface area contributed by atoms with Gasteiger partial charge in [0.05, 0.1) is 10.6 Å². The summed E-state index contributed by atoms with van der Waals surface area (Å²) >= 11 is 0. The van der Waals surface area contributed by atoms with Crippen molar-refractivity contribution in [3.05, 3.63) is 59.9 Å². The van der Waals surface area contributed by atoms with Crippen molar-refractivity contribution in [3.8, 4) is 5.75 Å². The largest absolute Gasteiger partial charge is 0.492 e. The summed E-state index contributed by atoms with van der Waals surface area (Å²) in [6, 6.07) is 10.8. The van der Waals surface area contributed by atoms with Crippen LogP contribution < -0.4 is 14.6 Å². The average molecular weight is 388 g/mol. The van der Waals surface area contributed by atoms with Crippen molar-refractivity contribution in [2.24, 2.45) is 5.14 Å². The first-order valence-corrected chi connectivity index (χ1v) is 10.3. The van der Waals surface area contributed by atoms with Crippen LogP contribution in [0, 0.1) is 5.82 Å². The molecule has 7 nitrogen and oxygen atoms in total. The van der Waals surface area contributed by atoms with Crippen molar-refractivity contribution in [2.45, 2.75) is 11.4 Å². The maximum atomic E-state index is 12.7. The van der Waals surface area contributed by atoms with E-state index in [1.807, 2.05) is 0 Å². The van der Waals surface area contributed by atoms with E-state index in [0.29, 0.717) is 11.3 Å². The number of sulfonamides is 2. The van der Waals surface area contributed by atoms with Crippen molar-refractivity contribution in [2.75, 3.05) is 12.4 Å². The fourth-order valence-electron chi connectivity index (χ4n) is 1.86. The Kier molecular flexibility index (Phi) is 6.11. The number of hydrogen-bond acceptors (Lipinski definition) is 5. The second-order valence-electron chi connectivity index (χ2n) is 5.13. The summed E-state index contributed by atoms with van der Waals surface area (Å²) in [6.07, 6.45) is 0. The highest BCUT2D eigenvalue weighted by Crippen LogP contribution is 2.11. The molecular weight excluding hydrogens is 371 g/mol. The van der Waals surface area contributed by atoms with Crippen LogP contribution in [0.25, 0.3) is 0 Å². The molecule has 0 unspecified atom stereocenters. The van der Waals surface area contributed by atoms with E-state index in [4.69, 9.17) is 9.88 Å². The lowest BCUT2D eigenvalue weighted by molar-refractivity contribution is 0.339. The van der Waals surface area contributed by atoms with E-state index in [2.05, 4.69) is 4.72 Å². The number of nitrogens with one attached hydrogen (secondary N) is 1. The third-order valence-corrected chi connectivity index (χ3v) is 5.40. The van der Waals surface area contributed by atoms with E-state index in [-0.39, 0.29) is 23.8 Å². The molecule has 2 aromatic carbocycles. The summed E-state index contributed by atoms with van der Waals surface area (Å²) in [4.78, 5) is -0.0493. The number of rotatable bonds is 8. The van der Waals surface area contributed by atoms with Crippen LogP contribution in [0.2, 0.25) is 0 Å². The number of primary sulfonamides is 1. The molecule has 0 aliphatic carbocycles. The third kappa shape index (κ3) is 6.42. The van der Waals surface area contributed by atoms with Crippen LogP contribution in [-0.2, 0) is 26.6 Å². The van der Waals surface area contributed by atoms with E-state index in [1.165, 1.54) is 48.5 Å². The number of halogens is 1. The fraction of sp³-hybridized carbons (Fsp3) is 0.200. The van der Waals surface area contributed by atoms with Crippen LogP contribution in [0.1, 0.15) is 5.56 Å². The van der Waals surface area contributed by atoms with Crippen LogP contribution in [0.5, 0.6) is 5.75 Å². The molecular formula is C15H17FN2O5S2. The van der Waals surface area contributed by atoms with Crippen LogP contribution in [0.3, 0.4) is 0 Å². The second kappa shape index (κ2) is 7.91. The summed E-state index contributed by atoms with van der Waals surface area (Å²) in [6.45, 7) is -0.0882.